The summed E-state index contributed by atoms with van der Waals surface area (Å²) < 4.78 is 82.6. The summed E-state index contributed by atoms with van der Waals surface area (Å²) >= 11 is 0. The molecule has 1 saturated heterocycles. The Morgan fingerprint density at radius 1 is 0.771 bits per heavy atom. The van der Waals surface area contributed by atoms with Crippen LogP contribution in [0.5, 0.6) is 0 Å². The number of piperazine rings is 1. The number of hydrogen-bond donors (Lipinski definition) is 1. The Morgan fingerprint density at radius 3 is 1.86 bits per heavy atom. The van der Waals surface area contributed by atoms with Crippen molar-refractivity contribution in [1.82, 2.24) is 0 Å². The van der Waals surface area contributed by atoms with Crippen LogP contribution in [0.3, 0.4) is 0 Å². The Hall–Kier alpha value is -4.20. The third kappa shape index (κ3) is 4.59. The lowest BCUT2D eigenvalue weighted by Crippen LogP contribution is -2.47. The van der Waals surface area contributed by atoms with Crippen molar-refractivity contribution in [2.75, 3.05) is 41.3 Å². The number of halogens is 6. The summed E-state index contributed by atoms with van der Waals surface area (Å²) in [7, 11) is 0. The Bertz CT molecular complexity index is 1300. The lowest BCUT2D eigenvalue weighted by Gasteiger charge is -2.37. The van der Waals surface area contributed by atoms with Crippen molar-refractivity contribution < 1.29 is 31.1 Å². The lowest BCUT2D eigenvalue weighted by molar-refractivity contribution is 0.102. The second-order valence-corrected chi connectivity index (χ2v) is 7.70. The zero-order valence-electron chi connectivity index (χ0n) is 17.9. The average Bonchev–Trinajstić information content (AvgIpc) is 2.87. The fourth-order valence-electron chi connectivity index (χ4n) is 3.78. The fourth-order valence-corrected chi connectivity index (χ4v) is 3.78. The largest absolute Gasteiger partial charge is 0.368 e. The molecule has 4 rings (SSSR count). The molecule has 3 aromatic rings. The van der Waals surface area contributed by atoms with E-state index in [1.54, 1.807) is 30.3 Å². The topological polar surface area (TPSA) is 59.4 Å². The molecule has 0 aromatic heterocycles. The second kappa shape index (κ2) is 9.58. The number of nitrogens with zero attached hydrogens (tertiary/aromatic N) is 3. The zero-order valence-corrected chi connectivity index (χ0v) is 17.9. The maximum absolute atomic E-state index is 14.1. The molecule has 11 heteroatoms. The van der Waals surface area contributed by atoms with Crippen molar-refractivity contribution in [2.45, 2.75) is 0 Å². The van der Waals surface area contributed by atoms with E-state index in [9.17, 15) is 31.1 Å². The summed E-state index contributed by atoms with van der Waals surface area (Å²) in [6.07, 6.45) is 0. The minimum absolute atomic E-state index is 0.00874. The molecule has 1 N–H and O–H groups in total. The van der Waals surface area contributed by atoms with Gasteiger partial charge in [-0.15, -0.1) is 0 Å². The number of anilines is 3. The molecule has 3 aromatic carbocycles. The predicted molar refractivity (Wildman–Crippen MR) is 116 cm³/mol. The molecule has 1 fully saturated rings. The van der Waals surface area contributed by atoms with Crippen LogP contribution in [0.2, 0.25) is 0 Å². The highest BCUT2D eigenvalue weighted by Crippen LogP contribution is 2.31. The van der Waals surface area contributed by atoms with Crippen molar-refractivity contribution >= 4 is 23.0 Å². The van der Waals surface area contributed by atoms with Gasteiger partial charge in [-0.25, -0.2) is 26.3 Å². The standard InChI is InChI=1S/C24H16F6N4O/c25-17-11-13(12-31)1-6-16(17)24(35)32-14-2-4-15(5-3-14)33-7-9-34(10-8-33)23-21(29)19(27)18(26)20(28)22(23)30/h1-6,11H,7-10H2,(H,32,35). The monoisotopic (exact) mass is 490 g/mol. The Balaban J connectivity index is 1.41. The molecule has 5 nitrogen and oxygen atoms in total. The summed E-state index contributed by atoms with van der Waals surface area (Å²) in [6, 6.07) is 11.8. The highest BCUT2D eigenvalue weighted by molar-refractivity contribution is 6.04. The first-order chi connectivity index (χ1) is 16.7. The van der Waals surface area contributed by atoms with Gasteiger partial charge < -0.3 is 15.1 Å². The lowest BCUT2D eigenvalue weighted by atomic mass is 10.1. The maximum atomic E-state index is 14.1. The SMILES string of the molecule is N#Cc1ccc(C(=O)Nc2ccc(N3CCN(c4c(F)c(F)c(F)c(F)c4F)CC3)cc2)c(F)c1. The summed E-state index contributed by atoms with van der Waals surface area (Å²) in [5.41, 5.74) is -0.0117. The van der Waals surface area contributed by atoms with Crippen molar-refractivity contribution in [2.24, 2.45) is 0 Å². The smallest absolute Gasteiger partial charge is 0.258 e. The van der Waals surface area contributed by atoms with Crippen molar-refractivity contribution in [1.29, 1.82) is 5.26 Å². The zero-order chi connectivity index (χ0) is 25.3. The van der Waals surface area contributed by atoms with Gasteiger partial charge >= 0.3 is 0 Å². The quantitative estimate of drug-likeness (QED) is 0.319. The van der Waals surface area contributed by atoms with Crippen molar-refractivity contribution in [3.63, 3.8) is 0 Å². The number of nitrogens with one attached hydrogen (secondary N) is 1. The number of hydrogen-bond acceptors (Lipinski definition) is 4. The molecule has 1 amide bonds. The second-order valence-electron chi connectivity index (χ2n) is 7.70. The minimum Gasteiger partial charge on any atom is -0.368 e. The van der Waals surface area contributed by atoms with Crippen LogP contribution in [0.1, 0.15) is 15.9 Å². The van der Waals surface area contributed by atoms with Crippen LogP contribution < -0.4 is 15.1 Å². The molecule has 0 bridgehead atoms. The molecule has 180 valence electrons. The summed E-state index contributed by atoms with van der Waals surface area (Å²) in [5, 5.41) is 11.3. The van der Waals surface area contributed by atoms with Gasteiger partial charge in [0.2, 0.25) is 5.82 Å². The molecule has 35 heavy (non-hydrogen) atoms. The molecular weight excluding hydrogens is 474 g/mol. The molecule has 0 atom stereocenters. The van der Waals surface area contributed by atoms with Gasteiger partial charge in [-0.2, -0.15) is 5.26 Å². The highest BCUT2D eigenvalue weighted by atomic mass is 19.2. The van der Waals surface area contributed by atoms with E-state index in [2.05, 4.69) is 5.32 Å². The molecule has 0 saturated carbocycles. The van der Waals surface area contributed by atoms with Gasteiger partial charge in [0, 0.05) is 37.6 Å². The molecular formula is C24H16F6N4O. The van der Waals surface area contributed by atoms with Gasteiger partial charge in [-0.3, -0.25) is 4.79 Å². The van der Waals surface area contributed by atoms with Crippen molar-refractivity contribution in [3.05, 3.63) is 88.5 Å². The summed E-state index contributed by atoms with van der Waals surface area (Å²) in [6.45, 7) is 0.493. The van der Waals surface area contributed by atoms with Gasteiger partial charge in [-0.1, -0.05) is 0 Å². The van der Waals surface area contributed by atoms with E-state index in [1.807, 2.05) is 4.90 Å². The summed E-state index contributed by atoms with van der Waals surface area (Å²) in [5.74, 6) is -11.4. The van der Waals surface area contributed by atoms with E-state index >= 15 is 0 Å². The number of carbonyl (C=O) groups excluding carboxylic acids is 1. The van der Waals surface area contributed by atoms with E-state index in [-0.39, 0.29) is 37.3 Å². The molecule has 0 unspecified atom stereocenters. The van der Waals surface area contributed by atoms with Crippen LogP contribution in [0.25, 0.3) is 0 Å². The summed E-state index contributed by atoms with van der Waals surface area (Å²) in [4.78, 5) is 15.3. The van der Waals surface area contributed by atoms with Crippen LogP contribution in [0, 0.1) is 46.2 Å². The number of nitriles is 1. The fraction of sp³-hybridized carbons (Fsp3) is 0.167. The van der Waals surface area contributed by atoms with Gasteiger partial charge in [0.1, 0.15) is 11.5 Å². The Labute approximate surface area is 195 Å². The van der Waals surface area contributed by atoms with Crippen LogP contribution >= 0.6 is 0 Å². The maximum Gasteiger partial charge on any atom is 0.258 e. The van der Waals surface area contributed by atoms with E-state index < -0.39 is 46.5 Å². The predicted octanol–water partition coefficient (Wildman–Crippen LogP) is 4.97. The minimum atomic E-state index is -2.20. The number of benzene rings is 3. The van der Waals surface area contributed by atoms with Crippen LogP contribution in [-0.4, -0.2) is 32.1 Å². The van der Waals surface area contributed by atoms with Crippen LogP contribution in [-0.2, 0) is 0 Å². The molecule has 1 aliphatic heterocycles. The van der Waals surface area contributed by atoms with Crippen LogP contribution in [0.15, 0.2) is 42.5 Å². The highest BCUT2D eigenvalue weighted by Gasteiger charge is 2.30. The molecule has 0 spiro atoms. The average molecular weight is 490 g/mol. The van der Waals surface area contributed by atoms with Crippen molar-refractivity contribution in [3.8, 4) is 6.07 Å². The van der Waals surface area contributed by atoms with E-state index in [0.29, 0.717) is 11.4 Å². The van der Waals surface area contributed by atoms with Gasteiger partial charge in [0.25, 0.3) is 5.91 Å². The first-order valence-electron chi connectivity index (χ1n) is 10.3. The van der Waals surface area contributed by atoms with E-state index in [0.717, 1.165) is 11.0 Å². The normalized spacial score (nSPS) is 13.5. The Kier molecular flexibility index (Phi) is 6.55. The third-order valence-corrected chi connectivity index (χ3v) is 5.62. The molecule has 1 heterocycles. The van der Waals surface area contributed by atoms with Gasteiger partial charge in [0.05, 0.1) is 17.2 Å². The van der Waals surface area contributed by atoms with Gasteiger partial charge in [-0.05, 0) is 42.5 Å². The Morgan fingerprint density at radius 2 is 1.31 bits per heavy atom. The number of amides is 1. The molecule has 0 aliphatic carbocycles. The first kappa shape index (κ1) is 23.9. The first-order valence-corrected chi connectivity index (χ1v) is 10.3. The molecule has 1 aliphatic rings. The molecule has 0 radical (unpaired) electrons. The van der Waals surface area contributed by atoms with Gasteiger partial charge in [0.15, 0.2) is 23.3 Å². The van der Waals surface area contributed by atoms with E-state index in [1.165, 1.54) is 12.1 Å². The van der Waals surface area contributed by atoms with E-state index in [4.69, 9.17) is 5.26 Å². The number of carbonyl (C=O) groups is 1. The van der Waals surface area contributed by atoms with Crippen LogP contribution in [0.4, 0.5) is 43.4 Å². The number of rotatable bonds is 4. The third-order valence-electron chi connectivity index (χ3n) is 5.62.